The van der Waals surface area contributed by atoms with Crippen molar-refractivity contribution in [3.8, 4) is 29.1 Å². The van der Waals surface area contributed by atoms with Crippen LogP contribution in [0.5, 0.6) is 23.0 Å². The van der Waals surface area contributed by atoms with Crippen molar-refractivity contribution in [3.05, 3.63) is 94.9 Å². The van der Waals surface area contributed by atoms with Gasteiger partial charge < -0.3 is 24.7 Å². The SMILES string of the molecule is CCCOc1cccc(C2C(C#N)=C(N)Oc3cc(OC(=O)c4ccccc4OCCC)ccc32)c1. The molecule has 0 spiro atoms. The Kier molecular flexibility index (Phi) is 7.76. The standard InChI is InChI=1S/C29H28N2O5/c1-3-14-33-20-9-7-8-19(16-20)27-22-13-12-21(17-26(22)36-28(31)24(27)18-30)35-29(32)23-10-5-6-11-25(23)34-15-4-2/h5-13,16-17,27H,3-4,14-15,31H2,1-2H3. The minimum Gasteiger partial charge on any atom is -0.494 e. The number of benzene rings is 3. The second-order valence-corrected chi connectivity index (χ2v) is 8.28. The first kappa shape index (κ1) is 24.7. The van der Waals surface area contributed by atoms with Crippen LogP contribution in [-0.4, -0.2) is 19.2 Å². The summed E-state index contributed by atoms with van der Waals surface area (Å²) in [6.45, 7) is 5.12. The Morgan fingerprint density at radius 2 is 1.75 bits per heavy atom. The summed E-state index contributed by atoms with van der Waals surface area (Å²) in [6, 6.07) is 21.8. The first-order valence-corrected chi connectivity index (χ1v) is 11.9. The van der Waals surface area contributed by atoms with E-state index < -0.39 is 11.9 Å². The van der Waals surface area contributed by atoms with Gasteiger partial charge >= 0.3 is 5.97 Å². The van der Waals surface area contributed by atoms with Crippen LogP contribution >= 0.6 is 0 Å². The zero-order valence-electron chi connectivity index (χ0n) is 20.3. The molecule has 7 heteroatoms. The molecule has 1 unspecified atom stereocenters. The number of nitrogens with zero attached hydrogens (tertiary/aromatic N) is 1. The van der Waals surface area contributed by atoms with E-state index >= 15 is 0 Å². The van der Waals surface area contributed by atoms with E-state index in [1.165, 1.54) is 0 Å². The van der Waals surface area contributed by atoms with Crippen molar-refractivity contribution in [2.45, 2.75) is 32.6 Å². The number of allylic oxidation sites excluding steroid dienone is 1. The van der Waals surface area contributed by atoms with Crippen molar-refractivity contribution in [2.24, 2.45) is 5.73 Å². The molecule has 1 heterocycles. The number of hydrogen-bond donors (Lipinski definition) is 1. The fourth-order valence-corrected chi connectivity index (χ4v) is 3.98. The highest BCUT2D eigenvalue weighted by atomic mass is 16.5. The van der Waals surface area contributed by atoms with Gasteiger partial charge in [-0.3, -0.25) is 0 Å². The van der Waals surface area contributed by atoms with Gasteiger partial charge in [0.2, 0.25) is 5.88 Å². The Labute approximate surface area is 210 Å². The smallest absolute Gasteiger partial charge is 0.347 e. The quantitative estimate of drug-likeness (QED) is 0.307. The zero-order valence-corrected chi connectivity index (χ0v) is 20.3. The van der Waals surface area contributed by atoms with Crippen LogP contribution in [0.2, 0.25) is 0 Å². The molecular weight excluding hydrogens is 456 g/mol. The summed E-state index contributed by atoms with van der Waals surface area (Å²) in [4.78, 5) is 12.9. The van der Waals surface area contributed by atoms with Crippen molar-refractivity contribution >= 4 is 5.97 Å². The predicted octanol–water partition coefficient (Wildman–Crippen LogP) is 5.70. The summed E-state index contributed by atoms with van der Waals surface area (Å²) in [7, 11) is 0. The van der Waals surface area contributed by atoms with Crippen molar-refractivity contribution in [1.82, 2.24) is 0 Å². The maximum atomic E-state index is 12.9. The van der Waals surface area contributed by atoms with Crippen LogP contribution in [-0.2, 0) is 0 Å². The first-order valence-electron chi connectivity index (χ1n) is 11.9. The van der Waals surface area contributed by atoms with Crippen LogP contribution in [0.3, 0.4) is 0 Å². The molecule has 1 aliphatic rings. The summed E-state index contributed by atoms with van der Waals surface area (Å²) in [5.74, 6) is 0.903. The number of carbonyl (C=O) groups excluding carboxylic acids is 1. The number of carbonyl (C=O) groups is 1. The molecule has 2 N–H and O–H groups in total. The summed E-state index contributed by atoms with van der Waals surface area (Å²) < 4.78 is 22.9. The van der Waals surface area contributed by atoms with Gasteiger partial charge in [-0.2, -0.15) is 5.26 Å². The van der Waals surface area contributed by atoms with Gasteiger partial charge in [0.25, 0.3) is 0 Å². The van der Waals surface area contributed by atoms with E-state index in [0.717, 1.165) is 24.0 Å². The normalized spacial score (nSPS) is 14.3. The molecule has 4 rings (SSSR count). The van der Waals surface area contributed by atoms with E-state index in [4.69, 9.17) is 24.7 Å². The number of ether oxygens (including phenoxy) is 4. The highest BCUT2D eigenvalue weighted by Crippen LogP contribution is 2.44. The summed E-state index contributed by atoms with van der Waals surface area (Å²) in [5.41, 5.74) is 8.36. The number of hydrogen-bond acceptors (Lipinski definition) is 7. The molecule has 1 aliphatic heterocycles. The van der Waals surface area contributed by atoms with Crippen molar-refractivity contribution in [1.29, 1.82) is 5.26 Å². The monoisotopic (exact) mass is 484 g/mol. The largest absolute Gasteiger partial charge is 0.494 e. The second-order valence-electron chi connectivity index (χ2n) is 8.28. The van der Waals surface area contributed by atoms with Gasteiger partial charge in [-0.15, -0.1) is 0 Å². The second kappa shape index (κ2) is 11.3. The fourth-order valence-electron chi connectivity index (χ4n) is 3.98. The van der Waals surface area contributed by atoms with Crippen LogP contribution < -0.4 is 24.7 Å². The lowest BCUT2D eigenvalue weighted by molar-refractivity contribution is 0.0730. The lowest BCUT2D eigenvalue weighted by Gasteiger charge is -2.27. The van der Waals surface area contributed by atoms with E-state index in [1.807, 2.05) is 38.1 Å². The molecule has 184 valence electrons. The Balaban J connectivity index is 1.64. The van der Waals surface area contributed by atoms with Gasteiger partial charge in [-0.05, 0) is 48.7 Å². The first-order chi connectivity index (χ1) is 17.5. The Hall–Kier alpha value is -4.44. The van der Waals surface area contributed by atoms with Crippen molar-refractivity contribution < 1.29 is 23.7 Å². The molecule has 3 aromatic rings. The fraction of sp³-hybridized carbons (Fsp3) is 0.241. The van der Waals surface area contributed by atoms with Gasteiger partial charge in [0.15, 0.2) is 0 Å². The molecule has 0 radical (unpaired) electrons. The molecule has 3 aromatic carbocycles. The van der Waals surface area contributed by atoms with E-state index in [-0.39, 0.29) is 11.6 Å². The van der Waals surface area contributed by atoms with Crippen LogP contribution in [0.1, 0.15) is 54.1 Å². The topological polar surface area (TPSA) is 104 Å². The summed E-state index contributed by atoms with van der Waals surface area (Å²) in [6.07, 6.45) is 1.71. The molecule has 0 aliphatic carbocycles. The summed E-state index contributed by atoms with van der Waals surface area (Å²) >= 11 is 0. The van der Waals surface area contributed by atoms with Crippen LogP contribution in [0, 0.1) is 11.3 Å². The van der Waals surface area contributed by atoms with E-state index in [9.17, 15) is 10.1 Å². The highest BCUT2D eigenvalue weighted by molar-refractivity contribution is 5.94. The molecule has 0 aromatic heterocycles. The zero-order chi connectivity index (χ0) is 25.5. The molecule has 0 amide bonds. The summed E-state index contributed by atoms with van der Waals surface area (Å²) in [5, 5.41) is 9.84. The number of rotatable bonds is 9. The molecule has 0 saturated carbocycles. The van der Waals surface area contributed by atoms with Crippen LogP contribution in [0.25, 0.3) is 0 Å². The molecular formula is C29H28N2O5. The minimum atomic E-state index is -0.545. The average Bonchev–Trinajstić information content (AvgIpc) is 2.90. The number of para-hydroxylation sites is 1. The predicted molar refractivity (Wildman–Crippen MR) is 135 cm³/mol. The van der Waals surface area contributed by atoms with Gasteiger partial charge in [0.1, 0.15) is 40.2 Å². The van der Waals surface area contributed by atoms with Crippen molar-refractivity contribution in [3.63, 3.8) is 0 Å². The third-order valence-electron chi connectivity index (χ3n) is 5.63. The van der Waals surface area contributed by atoms with Gasteiger partial charge in [-0.1, -0.05) is 44.2 Å². The molecule has 0 bridgehead atoms. The molecule has 0 saturated heterocycles. The maximum absolute atomic E-state index is 12.9. The molecule has 36 heavy (non-hydrogen) atoms. The van der Waals surface area contributed by atoms with E-state index in [0.29, 0.717) is 41.6 Å². The van der Waals surface area contributed by atoms with Gasteiger partial charge in [0.05, 0.1) is 19.1 Å². The number of nitriles is 1. The Morgan fingerprint density at radius 3 is 2.53 bits per heavy atom. The van der Waals surface area contributed by atoms with Gasteiger partial charge in [0, 0.05) is 11.6 Å². The molecule has 7 nitrogen and oxygen atoms in total. The van der Waals surface area contributed by atoms with Crippen LogP contribution in [0.15, 0.2) is 78.2 Å². The van der Waals surface area contributed by atoms with Crippen molar-refractivity contribution in [2.75, 3.05) is 13.2 Å². The minimum absolute atomic E-state index is 0.0108. The maximum Gasteiger partial charge on any atom is 0.347 e. The lowest BCUT2D eigenvalue weighted by Crippen LogP contribution is -2.21. The van der Waals surface area contributed by atoms with Gasteiger partial charge in [-0.25, -0.2) is 4.79 Å². The molecule has 1 atom stereocenters. The van der Waals surface area contributed by atoms with Crippen LogP contribution in [0.4, 0.5) is 0 Å². The number of fused-ring (bicyclic) bond motifs is 1. The van der Waals surface area contributed by atoms with E-state index in [1.54, 1.807) is 42.5 Å². The Bertz CT molecular complexity index is 1330. The lowest BCUT2D eigenvalue weighted by atomic mass is 9.83. The number of esters is 1. The third-order valence-corrected chi connectivity index (χ3v) is 5.63. The van der Waals surface area contributed by atoms with E-state index in [2.05, 4.69) is 6.07 Å². The molecule has 0 fully saturated rings. The third kappa shape index (κ3) is 5.28. The highest BCUT2D eigenvalue weighted by Gasteiger charge is 2.31. The number of nitrogens with two attached hydrogens (primary N) is 1. The Morgan fingerprint density at radius 1 is 0.972 bits per heavy atom. The average molecular weight is 485 g/mol.